The topological polar surface area (TPSA) is 13.1 Å². The zero-order valence-electron chi connectivity index (χ0n) is 30.1. The fourth-order valence-corrected chi connectivity index (χ4v) is 10.8. The van der Waals surface area contributed by atoms with Crippen molar-refractivity contribution in [2.75, 3.05) is 0 Å². The SMILES string of the molecule is c1ccc2c(c1)sc1ccc3c4ccccc4c4cc(-c5ccc6oc7ccc(-c8ccc9c%10ccccc%10c%10ccccc%10c9c8)cc7c6c5)ccc4c3c12. The van der Waals surface area contributed by atoms with Crippen LogP contribution < -0.4 is 0 Å². The molecule has 0 atom stereocenters. The second-order valence-electron chi connectivity index (χ2n) is 15.1. The van der Waals surface area contributed by atoms with Gasteiger partial charge in [-0.2, -0.15) is 0 Å². The molecule has 0 spiro atoms. The molecule has 0 amide bonds. The first kappa shape index (κ1) is 30.3. The quantitative estimate of drug-likeness (QED) is 0.162. The van der Waals surface area contributed by atoms with E-state index in [-0.39, 0.29) is 0 Å². The van der Waals surface area contributed by atoms with Gasteiger partial charge < -0.3 is 4.42 Å². The van der Waals surface area contributed by atoms with Crippen molar-refractivity contribution in [2.45, 2.75) is 0 Å². The number of benzene rings is 11. The molecule has 0 N–H and O–H groups in total. The van der Waals surface area contributed by atoms with Gasteiger partial charge in [-0.15, -0.1) is 11.3 Å². The highest BCUT2D eigenvalue weighted by Crippen LogP contribution is 2.46. The normalized spacial score (nSPS) is 12.3. The lowest BCUT2D eigenvalue weighted by Crippen LogP contribution is -1.86. The average molecular weight is 727 g/mol. The van der Waals surface area contributed by atoms with Gasteiger partial charge in [0.05, 0.1) is 0 Å². The molecule has 0 unspecified atom stereocenters. The zero-order chi connectivity index (χ0) is 36.5. The molecule has 0 saturated heterocycles. The van der Waals surface area contributed by atoms with Gasteiger partial charge in [0.1, 0.15) is 11.2 Å². The number of fused-ring (bicyclic) bond motifs is 19. The second kappa shape index (κ2) is 11.3. The Morgan fingerprint density at radius 3 is 1.20 bits per heavy atom. The molecule has 11 aromatic carbocycles. The van der Waals surface area contributed by atoms with Crippen LogP contribution in [-0.2, 0) is 0 Å². The predicted octanol–water partition coefficient (Wildman–Crippen LogP) is 16.2. The van der Waals surface area contributed by atoms with Gasteiger partial charge in [-0.1, -0.05) is 133 Å². The summed E-state index contributed by atoms with van der Waals surface area (Å²) in [5.74, 6) is 0. The summed E-state index contributed by atoms with van der Waals surface area (Å²) in [6, 6.07) is 67.3. The van der Waals surface area contributed by atoms with Crippen molar-refractivity contribution in [3.8, 4) is 22.3 Å². The minimum atomic E-state index is 0.904. The number of hydrogen-bond acceptors (Lipinski definition) is 2. The number of hydrogen-bond donors (Lipinski definition) is 0. The summed E-state index contributed by atoms with van der Waals surface area (Å²) in [6.07, 6.45) is 0. The van der Waals surface area contributed by atoms with E-state index in [2.05, 4.69) is 182 Å². The Bertz CT molecular complexity index is 3790. The van der Waals surface area contributed by atoms with Gasteiger partial charge >= 0.3 is 0 Å². The third kappa shape index (κ3) is 4.19. The number of thiophene rings is 1. The van der Waals surface area contributed by atoms with Gasteiger partial charge in [0.15, 0.2) is 0 Å². The van der Waals surface area contributed by atoms with Gasteiger partial charge in [-0.3, -0.25) is 0 Å². The molecule has 0 aliphatic rings. The molecule has 0 fully saturated rings. The van der Waals surface area contributed by atoms with Crippen molar-refractivity contribution in [3.63, 3.8) is 0 Å². The lowest BCUT2D eigenvalue weighted by atomic mass is 9.90. The number of furan rings is 1. The van der Waals surface area contributed by atoms with Crippen molar-refractivity contribution in [1.82, 2.24) is 0 Å². The molecule has 0 aliphatic heterocycles. The zero-order valence-corrected chi connectivity index (χ0v) is 31.0. The van der Waals surface area contributed by atoms with E-state index in [0.29, 0.717) is 0 Å². The summed E-state index contributed by atoms with van der Waals surface area (Å²) < 4.78 is 9.12. The highest BCUT2D eigenvalue weighted by Gasteiger charge is 2.17. The van der Waals surface area contributed by atoms with E-state index in [1.807, 2.05) is 11.3 Å². The van der Waals surface area contributed by atoms with Crippen LogP contribution in [0, 0.1) is 0 Å². The molecular weight excluding hydrogens is 697 g/mol. The summed E-state index contributed by atoms with van der Waals surface area (Å²) in [4.78, 5) is 0. The van der Waals surface area contributed by atoms with Crippen LogP contribution in [0.25, 0.3) is 129 Å². The fourth-order valence-electron chi connectivity index (χ4n) is 9.66. The van der Waals surface area contributed by atoms with E-state index in [1.54, 1.807) is 0 Å². The van der Waals surface area contributed by atoms with Gasteiger partial charge in [-0.05, 0) is 135 Å². The highest BCUT2D eigenvalue weighted by molar-refractivity contribution is 7.26. The Kier molecular flexibility index (Phi) is 6.11. The Morgan fingerprint density at radius 2 is 0.625 bits per heavy atom. The third-order valence-electron chi connectivity index (χ3n) is 12.2. The van der Waals surface area contributed by atoms with Crippen LogP contribution in [0.5, 0.6) is 0 Å². The maximum atomic E-state index is 6.46. The molecule has 56 heavy (non-hydrogen) atoms. The molecular formula is C54H30OS. The largest absolute Gasteiger partial charge is 0.456 e. The standard InChI is InChI=1S/C54H30OS/c1-2-11-37-35(9-1)36-10-3-5-13-39(36)45-27-31(17-21-41(37)45)33-19-24-49-47(29-33)48-30-34(20-25-50(48)55-49)32-18-22-43-46(28-32)40-14-6-4-12-38(40)42-23-26-52-54(53(42)43)44-15-7-8-16-51(44)56-52/h1-30H. The lowest BCUT2D eigenvalue weighted by molar-refractivity contribution is 0.669. The van der Waals surface area contributed by atoms with E-state index in [0.717, 1.165) is 21.9 Å². The van der Waals surface area contributed by atoms with Crippen LogP contribution in [0.4, 0.5) is 0 Å². The van der Waals surface area contributed by atoms with Crippen LogP contribution >= 0.6 is 11.3 Å². The molecule has 1 nitrogen and oxygen atoms in total. The summed E-state index contributed by atoms with van der Waals surface area (Å²) in [6.45, 7) is 0. The third-order valence-corrected chi connectivity index (χ3v) is 13.4. The molecule has 2 heterocycles. The average Bonchev–Trinajstić information content (AvgIpc) is 3.84. The van der Waals surface area contributed by atoms with Crippen molar-refractivity contribution in [2.24, 2.45) is 0 Å². The molecule has 2 aromatic heterocycles. The van der Waals surface area contributed by atoms with Crippen molar-refractivity contribution >= 4 is 118 Å². The first-order chi connectivity index (χ1) is 27.7. The molecule has 2 heteroatoms. The van der Waals surface area contributed by atoms with Crippen LogP contribution in [0.15, 0.2) is 186 Å². The molecule has 258 valence electrons. The summed E-state index contributed by atoms with van der Waals surface area (Å²) in [5.41, 5.74) is 6.57. The molecule has 0 radical (unpaired) electrons. The minimum absolute atomic E-state index is 0.904. The Hall–Kier alpha value is -7.00. The lowest BCUT2D eigenvalue weighted by Gasteiger charge is -2.13. The maximum absolute atomic E-state index is 6.46. The smallest absolute Gasteiger partial charge is 0.135 e. The van der Waals surface area contributed by atoms with Crippen LogP contribution in [0.3, 0.4) is 0 Å². The summed E-state index contributed by atoms with van der Waals surface area (Å²) in [5, 5.41) is 20.5. The molecule has 13 aromatic rings. The maximum Gasteiger partial charge on any atom is 0.135 e. The van der Waals surface area contributed by atoms with E-state index in [9.17, 15) is 0 Å². The van der Waals surface area contributed by atoms with Crippen LogP contribution in [-0.4, -0.2) is 0 Å². The molecule has 0 bridgehead atoms. The van der Waals surface area contributed by atoms with Gasteiger partial charge in [0.2, 0.25) is 0 Å². The Morgan fingerprint density at radius 1 is 0.250 bits per heavy atom. The van der Waals surface area contributed by atoms with E-state index < -0.39 is 0 Å². The van der Waals surface area contributed by atoms with Crippen molar-refractivity contribution in [1.29, 1.82) is 0 Å². The Balaban J connectivity index is 0.997. The van der Waals surface area contributed by atoms with E-state index in [1.165, 1.54) is 107 Å². The molecule has 0 aliphatic carbocycles. The molecule has 0 saturated carbocycles. The molecule has 13 rings (SSSR count). The second-order valence-corrected chi connectivity index (χ2v) is 16.2. The summed E-state index contributed by atoms with van der Waals surface area (Å²) in [7, 11) is 0. The van der Waals surface area contributed by atoms with Gasteiger partial charge in [0, 0.05) is 30.9 Å². The Labute approximate surface area is 325 Å². The van der Waals surface area contributed by atoms with Crippen molar-refractivity contribution < 1.29 is 4.42 Å². The van der Waals surface area contributed by atoms with Gasteiger partial charge in [0.25, 0.3) is 0 Å². The number of rotatable bonds is 2. The highest BCUT2D eigenvalue weighted by atomic mass is 32.1. The van der Waals surface area contributed by atoms with Crippen molar-refractivity contribution in [3.05, 3.63) is 182 Å². The van der Waals surface area contributed by atoms with E-state index in [4.69, 9.17) is 4.42 Å². The monoisotopic (exact) mass is 726 g/mol. The minimum Gasteiger partial charge on any atom is -0.456 e. The van der Waals surface area contributed by atoms with Crippen LogP contribution in [0.2, 0.25) is 0 Å². The van der Waals surface area contributed by atoms with Gasteiger partial charge in [-0.25, -0.2) is 0 Å². The fraction of sp³-hybridized carbons (Fsp3) is 0. The van der Waals surface area contributed by atoms with Crippen LogP contribution in [0.1, 0.15) is 0 Å². The van der Waals surface area contributed by atoms with E-state index >= 15 is 0 Å². The first-order valence-electron chi connectivity index (χ1n) is 19.2. The summed E-state index contributed by atoms with van der Waals surface area (Å²) >= 11 is 1.88. The first-order valence-corrected chi connectivity index (χ1v) is 20.1. The predicted molar refractivity (Wildman–Crippen MR) is 243 cm³/mol.